The number of hydrogen-bond donors (Lipinski definition) is 2. The first-order valence-electron chi connectivity index (χ1n) is 8.27. The van der Waals surface area contributed by atoms with Crippen molar-refractivity contribution in [2.75, 3.05) is 25.1 Å². The zero-order chi connectivity index (χ0) is 17.8. The summed E-state index contributed by atoms with van der Waals surface area (Å²) < 4.78 is 5.34. The van der Waals surface area contributed by atoms with E-state index in [0.29, 0.717) is 30.5 Å². The number of rotatable bonds is 6. The molecule has 0 unspecified atom stereocenters. The Bertz CT molecular complexity index is 719. The van der Waals surface area contributed by atoms with Crippen LogP contribution in [-0.4, -0.2) is 58.0 Å². The van der Waals surface area contributed by atoms with Crippen molar-refractivity contribution in [2.24, 2.45) is 0 Å². The average Bonchev–Trinajstić information content (AvgIpc) is 3.21. The normalized spacial score (nSPS) is 20.2. The summed E-state index contributed by atoms with van der Waals surface area (Å²) in [5.41, 5.74) is 1.66. The van der Waals surface area contributed by atoms with Gasteiger partial charge in [-0.1, -0.05) is 30.4 Å². The van der Waals surface area contributed by atoms with Crippen molar-refractivity contribution >= 4 is 22.4 Å². The number of aromatic nitrogens is 2. The van der Waals surface area contributed by atoms with Crippen molar-refractivity contribution in [3.8, 4) is 0 Å². The van der Waals surface area contributed by atoms with Crippen molar-refractivity contribution < 1.29 is 14.6 Å². The molecule has 25 heavy (non-hydrogen) atoms. The van der Waals surface area contributed by atoms with Crippen LogP contribution in [0.4, 0.5) is 5.13 Å². The van der Waals surface area contributed by atoms with E-state index in [1.54, 1.807) is 12.1 Å². The predicted octanol–water partition coefficient (Wildman–Crippen LogP) is 1.68. The zero-order valence-electron chi connectivity index (χ0n) is 14.3. The van der Waals surface area contributed by atoms with Gasteiger partial charge in [0.05, 0.1) is 25.4 Å². The smallest absolute Gasteiger partial charge is 0.257 e. The minimum atomic E-state index is -0.444. The third kappa shape index (κ3) is 4.40. The van der Waals surface area contributed by atoms with Crippen molar-refractivity contribution in [1.82, 2.24) is 15.1 Å². The number of likely N-dealkylation sites (N-methyl/N-ethyl adjacent to an activating group) is 1. The van der Waals surface area contributed by atoms with Gasteiger partial charge >= 0.3 is 0 Å². The first-order valence-corrected chi connectivity index (χ1v) is 9.08. The van der Waals surface area contributed by atoms with Crippen LogP contribution in [0.15, 0.2) is 24.3 Å². The van der Waals surface area contributed by atoms with Gasteiger partial charge in [0.25, 0.3) is 5.91 Å². The molecule has 1 aromatic heterocycles. The van der Waals surface area contributed by atoms with Gasteiger partial charge in [0.2, 0.25) is 5.13 Å². The fourth-order valence-electron chi connectivity index (χ4n) is 2.86. The zero-order valence-corrected chi connectivity index (χ0v) is 15.1. The topological polar surface area (TPSA) is 87.6 Å². The third-order valence-corrected chi connectivity index (χ3v) is 5.00. The van der Waals surface area contributed by atoms with Crippen LogP contribution >= 0.6 is 11.3 Å². The number of carbonyl (C=O) groups excluding carboxylic acids is 1. The molecule has 2 N–H and O–H groups in total. The van der Waals surface area contributed by atoms with Gasteiger partial charge in [-0.15, -0.1) is 10.2 Å². The molecule has 7 nitrogen and oxygen atoms in total. The molecule has 2 aromatic rings. The molecule has 0 aliphatic carbocycles. The lowest BCUT2D eigenvalue weighted by atomic mass is 10.1. The molecule has 0 radical (unpaired) electrons. The number of carbonyl (C=O) groups is 1. The molecule has 1 aromatic carbocycles. The van der Waals surface area contributed by atoms with Crippen molar-refractivity contribution in [3.05, 3.63) is 40.4 Å². The molecular formula is C17H22N4O3S. The predicted molar refractivity (Wildman–Crippen MR) is 95.7 cm³/mol. The molecule has 2 heterocycles. The molecule has 2 atom stereocenters. The molecule has 1 amide bonds. The Kier molecular flexibility index (Phi) is 5.74. The minimum absolute atomic E-state index is 0.0219. The SMILES string of the molecule is CCN(Cc1ccc(C(=O)Nc2nnc(C)s2)cc1)[C@H]1COC[C@@H]1O. The van der Waals surface area contributed by atoms with Gasteiger partial charge < -0.3 is 9.84 Å². The number of nitrogens with one attached hydrogen (secondary N) is 1. The Labute approximate surface area is 150 Å². The Balaban J connectivity index is 1.62. The van der Waals surface area contributed by atoms with E-state index in [9.17, 15) is 9.90 Å². The van der Waals surface area contributed by atoms with Gasteiger partial charge in [-0.2, -0.15) is 0 Å². The van der Waals surface area contributed by atoms with E-state index < -0.39 is 6.10 Å². The molecule has 1 aliphatic rings. The maximum Gasteiger partial charge on any atom is 0.257 e. The van der Waals surface area contributed by atoms with Gasteiger partial charge in [0, 0.05) is 12.1 Å². The van der Waals surface area contributed by atoms with Crippen LogP contribution in [0.1, 0.15) is 27.9 Å². The first-order chi connectivity index (χ1) is 12.1. The lowest BCUT2D eigenvalue weighted by Crippen LogP contribution is -2.42. The van der Waals surface area contributed by atoms with Crippen molar-refractivity contribution in [3.63, 3.8) is 0 Å². The molecule has 0 bridgehead atoms. The molecule has 0 spiro atoms. The summed E-state index contributed by atoms with van der Waals surface area (Å²) in [6.45, 7) is 6.38. The maximum atomic E-state index is 12.2. The van der Waals surface area contributed by atoms with E-state index in [4.69, 9.17) is 4.74 Å². The quantitative estimate of drug-likeness (QED) is 0.813. The highest BCUT2D eigenvalue weighted by Gasteiger charge is 2.30. The van der Waals surface area contributed by atoms with Crippen molar-refractivity contribution in [2.45, 2.75) is 32.5 Å². The second-order valence-corrected chi connectivity index (χ2v) is 7.19. The van der Waals surface area contributed by atoms with Crippen LogP contribution in [0.25, 0.3) is 0 Å². The highest BCUT2D eigenvalue weighted by atomic mass is 32.1. The third-order valence-electron chi connectivity index (χ3n) is 4.24. The molecule has 1 saturated heterocycles. The molecule has 134 valence electrons. The summed E-state index contributed by atoms with van der Waals surface area (Å²) in [4.78, 5) is 14.4. The van der Waals surface area contributed by atoms with Crippen LogP contribution in [0.5, 0.6) is 0 Å². The van der Waals surface area contributed by atoms with E-state index >= 15 is 0 Å². The lowest BCUT2D eigenvalue weighted by Gasteiger charge is -2.28. The number of amides is 1. The van der Waals surface area contributed by atoms with Crippen LogP contribution < -0.4 is 5.32 Å². The standard InChI is InChI=1S/C17H22N4O3S/c1-3-21(14-9-24-10-15(14)22)8-12-4-6-13(7-5-12)16(23)18-17-20-19-11(2)25-17/h4-7,14-15,22H,3,8-10H2,1-2H3,(H,18,20,23)/t14-,15-/m0/s1. The number of aliphatic hydroxyl groups is 1. The maximum absolute atomic E-state index is 12.2. The fourth-order valence-corrected chi connectivity index (χ4v) is 3.44. The van der Waals surface area contributed by atoms with Crippen LogP contribution in [0.2, 0.25) is 0 Å². The average molecular weight is 362 g/mol. The summed E-state index contributed by atoms with van der Waals surface area (Å²) in [5, 5.41) is 21.8. The first kappa shape index (κ1) is 17.9. The molecular weight excluding hydrogens is 340 g/mol. The van der Waals surface area contributed by atoms with Gasteiger partial charge in [-0.3, -0.25) is 15.0 Å². The Hall–Kier alpha value is -1.87. The monoisotopic (exact) mass is 362 g/mol. The number of anilines is 1. The highest BCUT2D eigenvalue weighted by Crippen LogP contribution is 2.18. The molecule has 1 aliphatic heterocycles. The molecule has 0 saturated carbocycles. The fraction of sp³-hybridized carbons (Fsp3) is 0.471. The van der Waals surface area contributed by atoms with E-state index in [2.05, 4.69) is 27.3 Å². The number of aliphatic hydroxyl groups excluding tert-OH is 1. The lowest BCUT2D eigenvalue weighted by molar-refractivity contribution is 0.0808. The summed E-state index contributed by atoms with van der Waals surface area (Å²) >= 11 is 1.34. The number of aryl methyl sites for hydroxylation is 1. The van der Waals surface area contributed by atoms with Crippen molar-refractivity contribution in [1.29, 1.82) is 0 Å². The van der Waals surface area contributed by atoms with Crippen LogP contribution in [-0.2, 0) is 11.3 Å². The van der Waals surface area contributed by atoms with E-state index in [1.165, 1.54) is 11.3 Å². The molecule has 3 rings (SSSR count). The van der Waals surface area contributed by atoms with E-state index in [1.807, 2.05) is 19.1 Å². The van der Waals surface area contributed by atoms with E-state index in [0.717, 1.165) is 17.1 Å². The Morgan fingerprint density at radius 1 is 1.36 bits per heavy atom. The van der Waals surface area contributed by atoms with Crippen LogP contribution in [0, 0.1) is 6.92 Å². The second-order valence-electron chi connectivity index (χ2n) is 6.01. The molecule has 8 heteroatoms. The highest BCUT2D eigenvalue weighted by molar-refractivity contribution is 7.15. The Morgan fingerprint density at radius 2 is 2.12 bits per heavy atom. The summed E-state index contributed by atoms with van der Waals surface area (Å²) in [6.07, 6.45) is -0.444. The largest absolute Gasteiger partial charge is 0.389 e. The number of benzene rings is 1. The minimum Gasteiger partial charge on any atom is -0.389 e. The number of ether oxygens (including phenoxy) is 1. The summed E-state index contributed by atoms with van der Waals surface area (Å²) in [6, 6.07) is 7.49. The Morgan fingerprint density at radius 3 is 2.68 bits per heavy atom. The number of nitrogens with zero attached hydrogens (tertiary/aromatic N) is 3. The van der Waals surface area contributed by atoms with Gasteiger partial charge in [0.1, 0.15) is 5.01 Å². The van der Waals surface area contributed by atoms with E-state index in [-0.39, 0.29) is 11.9 Å². The summed E-state index contributed by atoms with van der Waals surface area (Å²) in [7, 11) is 0. The molecule has 1 fully saturated rings. The number of hydrogen-bond acceptors (Lipinski definition) is 7. The van der Waals surface area contributed by atoms with Gasteiger partial charge in [-0.05, 0) is 31.2 Å². The second kappa shape index (κ2) is 8.01. The summed E-state index contributed by atoms with van der Waals surface area (Å²) in [5.74, 6) is -0.199. The van der Waals surface area contributed by atoms with Gasteiger partial charge in [0.15, 0.2) is 0 Å². The van der Waals surface area contributed by atoms with Crippen LogP contribution in [0.3, 0.4) is 0 Å². The van der Waals surface area contributed by atoms with Gasteiger partial charge in [-0.25, -0.2) is 0 Å².